The van der Waals surface area contributed by atoms with Crippen LogP contribution in [0.2, 0.25) is 0 Å². The number of benzene rings is 1. The number of hydrogen-bond acceptors (Lipinski definition) is 2. The summed E-state index contributed by atoms with van der Waals surface area (Å²) in [5.41, 5.74) is 1.86. The summed E-state index contributed by atoms with van der Waals surface area (Å²) >= 11 is 0. The maximum atomic E-state index is 11.6. The summed E-state index contributed by atoms with van der Waals surface area (Å²) in [5.74, 6) is 0.0134. The van der Waals surface area contributed by atoms with Gasteiger partial charge in [-0.15, -0.1) is 0 Å². The van der Waals surface area contributed by atoms with Gasteiger partial charge >= 0.3 is 0 Å². The van der Waals surface area contributed by atoms with Gasteiger partial charge in [-0.3, -0.25) is 4.79 Å². The molecule has 0 bridgehead atoms. The van der Waals surface area contributed by atoms with Gasteiger partial charge in [0.15, 0.2) is 0 Å². The van der Waals surface area contributed by atoms with Crippen molar-refractivity contribution in [2.45, 2.75) is 19.3 Å². The molecule has 0 aliphatic carbocycles. The lowest BCUT2D eigenvalue weighted by Gasteiger charge is -2.10. The first-order valence-corrected chi connectivity index (χ1v) is 5.39. The van der Waals surface area contributed by atoms with Gasteiger partial charge in [0.05, 0.1) is 0 Å². The average molecular weight is 219 g/mol. The molecule has 1 aromatic carbocycles. The molecule has 0 heterocycles. The van der Waals surface area contributed by atoms with Gasteiger partial charge in [0.1, 0.15) is 6.29 Å². The van der Waals surface area contributed by atoms with Gasteiger partial charge in [-0.2, -0.15) is 0 Å². The second-order valence-corrected chi connectivity index (χ2v) is 3.96. The van der Waals surface area contributed by atoms with Crippen molar-refractivity contribution < 1.29 is 9.59 Å². The van der Waals surface area contributed by atoms with Gasteiger partial charge in [0.2, 0.25) is 0 Å². The fraction of sp³-hybridized carbons (Fsp3) is 0.385. The summed E-state index contributed by atoms with van der Waals surface area (Å²) in [6, 6.07) is 7.56. The van der Waals surface area contributed by atoms with Crippen LogP contribution < -0.4 is 0 Å². The van der Waals surface area contributed by atoms with E-state index in [1.165, 1.54) is 0 Å². The van der Waals surface area contributed by atoms with Crippen molar-refractivity contribution in [1.82, 2.24) is 4.90 Å². The molecule has 1 amide bonds. The molecule has 3 heteroatoms. The van der Waals surface area contributed by atoms with Crippen LogP contribution in [-0.2, 0) is 11.2 Å². The number of carbonyl (C=O) groups excluding carboxylic acids is 2. The van der Waals surface area contributed by atoms with Gasteiger partial charge in [-0.1, -0.05) is 12.1 Å². The molecule has 1 aromatic rings. The quantitative estimate of drug-likeness (QED) is 0.560. The molecular weight excluding hydrogens is 202 g/mol. The number of carbonyl (C=O) groups is 2. The molecular formula is C13H17NO2. The lowest BCUT2D eigenvalue weighted by molar-refractivity contribution is -0.107. The Hall–Kier alpha value is -1.64. The predicted octanol–water partition coefficient (Wildman–Crippen LogP) is 1.91. The monoisotopic (exact) mass is 219 g/mol. The summed E-state index contributed by atoms with van der Waals surface area (Å²) in [5, 5.41) is 0. The normalized spacial score (nSPS) is 9.88. The highest BCUT2D eigenvalue weighted by molar-refractivity contribution is 5.93. The Bertz CT molecular complexity index is 355. The van der Waals surface area contributed by atoms with Crippen LogP contribution in [0, 0.1) is 0 Å². The predicted molar refractivity (Wildman–Crippen MR) is 63.5 cm³/mol. The summed E-state index contributed by atoms with van der Waals surface area (Å²) in [6.07, 6.45) is 3.28. The highest BCUT2D eigenvalue weighted by Gasteiger charge is 2.06. The average Bonchev–Trinajstić information content (AvgIpc) is 2.29. The van der Waals surface area contributed by atoms with Crippen molar-refractivity contribution in [3.63, 3.8) is 0 Å². The first kappa shape index (κ1) is 12.4. The fourth-order valence-electron chi connectivity index (χ4n) is 1.46. The maximum absolute atomic E-state index is 11.6. The summed E-state index contributed by atoms with van der Waals surface area (Å²) in [6.45, 7) is 0. The van der Waals surface area contributed by atoms with Crippen LogP contribution in [0.1, 0.15) is 28.8 Å². The third-order valence-corrected chi connectivity index (χ3v) is 2.39. The number of aryl methyl sites for hydroxylation is 1. The van der Waals surface area contributed by atoms with Crippen molar-refractivity contribution in [2.75, 3.05) is 14.1 Å². The molecule has 0 unspecified atom stereocenters. The second-order valence-electron chi connectivity index (χ2n) is 3.96. The Kier molecular flexibility index (Phi) is 4.70. The van der Waals surface area contributed by atoms with Crippen molar-refractivity contribution in [1.29, 1.82) is 0 Å². The molecule has 0 aliphatic rings. The molecule has 86 valence electrons. The van der Waals surface area contributed by atoms with E-state index in [1.54, 1.807) is 19.0 Å². The Labute approximate surface area is 96.1 Å². The van der Waals surface area contributed by atoms with Gasteiger partial charge in [0.25, 0.3) is 5.91 Å². The van der Waals surface area contributed by atoms with E-state index in [-0.39, 0.29) is 5.91 Å². The van der Waals surface area contributed by atoms with Gasteiger partial charge < -0.3 is 9.69 Å². The zero-order valence-corrected chi connectivity index (χ0v) is 9.77. The van der Waals surface area contributed by atoms with Crippen LogP contribution >= 0.6 is 0 Å². The zero-order valence-electron chi connectivity index (χ0n) is 9.77. The molecule has 0 radical (unpaired) electrons. The van der Waals surface area contributed by atoms with Crippen molar-refractivity contribution >= 4 is 12.2 Å². The van der Waals surface area contributed by atoms with E-state index in [0.717, 1.165) is 24.7 Å². The minimum Gasteiger partial charge on any atom is -0.345 e. The Morgan fingerprint density at radius 1 is 1.25 bits per heavy atom. The minimum absolute atomic E-state index is 0.0134. The number of aldehydes is 1. The van der Waals surface area contributed by atoms with E-state index in [1.807, 2.05) is 24.3 Å². The number of hydrogen-bond donors (Lipinski definition) is 0. The Morgan fingerprint density at radius 2 is 1.88 bits per heavy atom. The van der Waals surface area contributed by atoms with Crippen LogP contribution in [0.25, 0.3) is 0 Å². The zero-order chi connectivity index (χ0) is 12.0. The summed E-state index contributed by atoms with van der Waals surface area (Å²) in [7, 11) is 3.47. The molecule has 0 fully saturated rings. The topological polar surface area (TPSA) is 37.4 Å². The second kappa shape index (κ2) is 6.05. The highest BCUT2D eigenvalue weighted by Crippen LogP contribution is 2.08. The molecule has 1 rings (SSSR count). The van der Waals surface area contributed by atoms with Crippen LogP contribution in [0.3, 0.4) is 0 Å². The first-order valence-electron chi connectivity index (χ1n) is 5.39. The van der Waals surface area contributed by atoms with E-state index in [0.29, 0.717) is 12.0 Å². The lowest BCUT2D eigenvalue weighted by atomic mass is 10.1. The molecule has 0 saturated carbocycles. The first-order chi connectivity index (χ1) is 7.65. The molecule has 0 atom stereocenters. The van der Waals surface area contributed by atoms with Crippen LogP contribution in [0.4, 0.5) is 0 Å². The molecule has 0 N–H and O–H groups in total. The van der Waals surface area contributed by atoms with E-state index in [9.17, 15) is 9.59 Å². The van der Waals surface area contributed by atoms with E-state index < -0.39 is 0 Å². The standard InChI is InChI=1S/C13H17NO2/c1-14(2)13(16)12-8-6-11(7-9-12)5-3-4-10-15/h6-10H,3-5H2,1-2H3. The van der Waals surface area contributed by atoms with E-state index in [4.69, 9.17) is 0 Å². The summed E-state index contributed by atoms with van der Waals surface area (Å²) in [4.78, 5) is 23.3. The Balaban J connectivity index is 2.60. The number of unbranched alkanes of at least 4 members (excludes halogenated alkanes) is 1. The number of rotatable bonds is 5. The van der Waals surface area contributed by atoms with Crippen LogP contribution in [-0.4, -0.2) is 31.2 Å². The van der Waals surface area contributed by atoms with Crippen molar-refractivity contribution in [3.05, 3.63) is 35.4 Å². The summed E-state index contributed by atoms with van der Waals surface area (Å²) < 4.78 is 0. The third-order valence-electron chi connectivity index (χ3n) is 2.39. The van der Waals surface area contributed by atoms with Gasteiger partial charge in [0, 0.05) is 26.1 Å². The van der Waals surface area contributed by atoms with Crippen LogP contribution in [0.5, 0.6) is 0 Å². The molecule has 3 nitrogen and oxygen atoms in total. The van der Waals surface area contributed by atoms with Crippen molar-refractivity contribution in [3.8, 4) is 0 Å². The largest absolute Gasteiger partial charge is 0.345 e. The maximum Gasteiger partial charge on any atom is 0.253 e. The van der Waals surface area contributed by atoms with Crippen LogP contribution in [0.15, 0.2) is 24.3 Å². The number of nitrogens with zero attached hydrogens (tertiary/aromatic N) is 1. The highest BCUT2D eigenvalue weighted by atomic mass is 16.2. The molecule has 0 spiro atoms. The van der Waals surface area contributed by atoms with E-state index >= 15 is 0 Å². The fourth-order valence-corrected chi connectivity index (χ4v) is 1.46. The SMILES string of the molecule is CN(C)C(=O)c1ccc(CCCC=O)cc1. The van der Waals surface area contributed by atoms with Gasteiger partial charge in [-0.25, -0.2) is 0 Å². The van der Waals surface area contributed by atoms with Gasteiger partial charge in [-0.05, 0) is 30.5 Å². The number of amides is 1. The van der Waals surface area contributed by atoms with Crippen molar-refractivity contribution in [2.24, 2.45) is 0 Å². The molecule has 16 heavy (non-hydrogen) atoms. The molecule has 0 saturated heterocycles. The Morgan fingerprint density at radius 3 is 2.38 bits per heavy atom. The van der Waals surface area contributed by atoms with E-state index in [2.05, 4.69) is 0 Å². The third kappa shape index (κ3) is 3.50. The molecule has 0 aliphatic heterocycles. The minimum atomic E-state index is 0.0134. The molecule has 0 aromatic heterocycles. The lowest BCUT2D eigenvalue weighted by Crippen LogP contribution is -2.21. The smallest absolute Gasteiger partial charge is 0.253 e.